The molecule has 0 radical (unpaired) electrons. The molecule has 8 heavy (non-hydrogen) atoms. The van der Waals surface area contributed by atoms with Crippen LogP contribution in [0, 0.1) is 12.3 Å². The fourth-order valence-corrected chi connectivity index (χ4v) is 0.316. The maximum absolute atomic E-state index is 8.75. The Morgan fingerprint density at radius 2 is 2.50 bits per heavy atom. The van der Waals surface area contributed by atoms with Crippen molar-refractivity contribution in [3.05, 3.63) is 18.4 Å². The minimum atomic E-state index is -0.572. The summed E-state index contributed by atoms with van der Waals surface area (Å²) in [4.78, 5) is 0. The van der Waals surface area contributed by atoms with Gasteiger partial charge in [-0.05, 0) is 6.08 Å². The number of rotatable bonds is 2. The zero-order chi connectivity index (χ0) is 6.41. The first-order valence-corrected chi connectivity index (χ1v) is 2.28. The standard InChI is InChI=1S/C7H8O/c1-3-5-7(8)6-4-2/h1,6-8H,2,5H2. The van der Waals surface area contributed by atoms with Crippen LogP contribution < -0.4 is 0 Å². The third-order valence-electron chi connectivity index (χ3n) is 0.637. The lowest BCUT2D eigenvalue weighted by atomic mass is 10.2. The molecular formula is C7H8O. The van der Waals surface area contributed by atoms with Crippen molar-refractivity contribution >= 4 is 0 Å². The van der Waals surface area contributed by atoms with Gasteiger partial charge in [0.15, 0.2) is 0 Å². The maximum Gasteiger partial charge on any atom is 0.0903 e. The summed E-state index contributed by atoms with van der Waals surface area (Å²) in [5.74, 6) is 2.30. The van der Waals surface area contributed by atoms with Gasteiger partial charge < -0.3 is 5.11 Å². The number of hydrogen-bond donors (Lipinski definition) is 1. The van der Waals surface area contributed by atoms with E-state index in [0.717, 1.165) is 0 Å². The molecule has 0 aliphatic heterocycles. The molecule has 0 saturated heterocycles. The van der Waals surface area contributed by atoms with E-state index in [1.807, 2.05) is 0 Å². The SMILES string of the molecule is C#CCC(O)C=C=C. The smallest absolute Gasteiger partial charge is 0.0903 e. The zero-order valence-electron chi connectivity index (χ0n) is 4.59. The van der Waals surface area contributed by atoms with E-state index in [1.165, 1.54) is 6.08 Å². The summed E-state index contributed by atoms with van der Waals surface area (Å²) < 4.78 is 0. The van der Waals surface area contributed by atoms with Gasteiger partial charge in [-0.25, -0.2) is 0 Å². The summed E-state index contributed by atoms with van der Waals surface area (Å²) in [5, 5.41) is 8.75. The Hall–Kier alpha value is -0.960. The Balaban J connectivity index is 3.51. The van der Waals surface area contributed by atoms with Gasteiger partial charge in [-0.1, -0.05) is 6.58 Å². The first kappa shape index (κ1) is 7.04. The maximum atomic E-state index is 8.75. The third kappa shape index (κ3) is 3.24. The van der Waals surface area contributed by atoms with Gasteiger partial charge in [0.2, 0.25) is 0 Å². The Morgan fingerprint density at radius 3 is 2.88 bits per heavy atom. The molecule has 42 valence electrons. The molecule has 0 aliphatic rings. The molecule has 0 aromatic carbocycles. The summed E-state index contributed by atoms with van der Waals surface area (Å²) in [5.41, 5.74) is 2.43. The molecule has 0 fully saturated rings. The van der Waals surface area contributed by atoms with Crippen LogP contribution in [0.2, 0.25) is 0 Å². The first-order chi connectivity index (χ1) is 3.81. The Morgan fingerprint density at radius 1 is 1.88 bits per heavy atom. The van der Waals surface area contributed by atoms with E-state index in [2.05, 4.69) is 18.2 Å². The normalized spacial score (nSPS) is 11.0. The molecular weight excluding hydrogens is 100 g/mol. The van der Waals surface area contributed by atoms with Crippen LogP contribution in [0.15, 0.2) is 18.4 Å². The van der Waals surface area contributed by atoms with Crippen LogP contribution in [0.1, 0.15) is 6.42 Å². The van der Waals surface area contributed by atoms with Crippen molar-refractivity contribution < 1.29 is 5.11 Å². The van der Waals surface area contributed by atoms with E-state index in [1.54, 1.807) is 0 Å². The quantitative estimate of drug-likeness (QED) is 0.408. The average molecular weight is 108 g/mol. The molecule has 1 nitrogen and oxygen atoms in total. The van der Waals surface area contributed by atoms with Crippen molar-refractivity contribution in [3.8, 4) is 12.3 Å². The van der Waals surface area contributed by atoms with Crippen molar-refractivity contribution in [3.63, 3.8) is 0 Å². The summed E-state index contributed by atoms with van der Waals surface area (Å²) in [6.45, 7) is 3.27. The number of aliphatic hydroxyl groups is 1. The van der Waals surface area contributed by atoms with Crippen LogP contribution in [-0.2, 0) is 0 Å². The molecule has 0 aliphatic carbocycles. The summed E-state index contributed by atoms with van der Waals surface area (Å²) in [6.07, 6.45) is 6.08. The van der Waals surface area contributed by atoms with Gasteiger partial charge in [-0.15, -0.1) is 18.1 Å². The second kappa shape index (κ2) is 4.21. The number of aliphatic hydroxyl groups excluding tert-OH is 1. The molecule has 0 spiro atoms. The minimum absolute atomic E-state index is 0.336. The molecule has 0 aromatic heterocycles. The van der Waals surface area contributed by atoms with Crippen LogP contribution in [0.3, 0.4) is 0 Å². The molecule has 0 amide bonds. The number of terminal acetylenes is 1. The number of hydrogen-bond acceptors (Lipinski definition) is 1. The van der Waals surface area contributed by atoms with Crippen molar-refractivity contribution in [1.29, 1.82) is 0 Å². The highest BCUT2D eigenvalue weighted by atomic mass is 16.3. The van der Waals surface area contributed by atoms with E-state index in [4.69, 9.17) is 11.5 Å². The predicted octanol–water partition coefficient (Wildman–Crippen LogP) is 0.712. The molecule has 0 bridgehead atoms. The highest BCUT2D eigenvalue weighted by Gasteiger charge is 1.90. The Kier molecular flexibility index (Phi) is 3.70. The zero-order valence-corrected chi connectivity index (χ0v) is 4.59. The molecule has 0 rings (SSSR count). The Bertz CT molecular complexity index is 135. The first-order valence-electron chi connectivity index (χ1n) is 2.28. The molecule has 0 heterocycles. The monoisotopic (exact) mass is 108 g/mol. The summed E-state index contributed by atoms with van der Waals surface area (Å²) >= 11 is 0. The lowest BCUT2D eigenvalue weighted by Crippen LogP contribution is -1.97. The van der Waals surface area contributed by atoms with Gasteiger partial charge >= 0.3 is 0 Å². The Labute approximate surface area is 49.3 Å². The lowest BCUT2D eigenvalue weighted by Gasteiger charge is -1.93. The van der Waals surface area contributed by atoms with E-state index >= 15 is 0 Å². The predicted molar refractivity (Wildman–Crippen MR) is 33.2 cm³/mol. The van der Waals surface area contributed by atoms with Gasteiger partial charge in [0.25, 0.3) is 0 Å². The average Bonchev–Trinajstić information content (AvgIpc) is 1.68. The van der Waals surface area contributed by atoms with Crippen molar-refractivity contribution in [2.75, 3.05) is 0 Å². The van der Waals surface area contributed by atoms with Gasteiger partial charge in [-0.3, -0.25) is 0 Å². The molecule has 0 aromatic rings. The molecule has 0 saturated carbocycles. The van der Waals surface area contributed by atoms with Crippen molar-refractivity contribution in [2.24, 2.45) is 0 Å². The van der Waals surface area contributed by atoms with Gasteiger partial charge in [0.1, 0.15) is 0 Å². The van der Waals surface area contributed by atoms with Crippen molar-refractivity contribution in [1.82, 2.24) is 0 Å². The molecule has 1 N–H and O–H groups in total. The fourth-order valence-electron chi connectivity index (χ4n) is 0.316. The highest BCUT2D eigenvalue weighted by Crippen LogP contribution is 1.87. The van der Waals surface area contributed by atoms with Crippen LogP contribution in [0.4, 0.5) is 0 Å². The molecule has 1 atom stereocenters. The van der Waals surface area contributed by atoms with E-state index < -0.39 is 6.10 Å². The highest BCUT2D eigenvalue weighted by molar-refractivity contribution is 4.94. The van der Waals surface area contributed by atoms with Gasteiger partial charge in [-0.2, -0.15) is 0 Å². The molecule has 1 heteroatoms. The topological polar surface area (TPSA) is 20.2 Å². The van der Waals surface area contributed by atoms with Crippen LogP contribution >= 0.6 is 0 Å². The van der Waals surface area contributed by atoms with Gasteiger partial charge in [0.05, 0.1) is 6.10 Å². The fraction of sp³-hybridized carbons (Fsp3) is 0.286. The van der Waals surface area contributed by atoms with Crippen molar-refractivity contribution in [2.45, 2.75) is 12.5 Å². The van der Waals surface area contributed by atoms with Crippen LogP contribution in [0.5, 0.6) is 0 Å². The van der Waals surface area contributed by atoms with E-state index in [-0.39, 0.29) is 0 Å². The van der Waals surface area contributed by atoms with E-state index in [0.29, 0.717) is 6.42 Å². The van der Waals surface area contributed by atoms with Crippen LogP contribution in [0.25, 0.3) is 0 Å². The van der Waals surface area contributed by atoms with E-state index in [9.17, 15) is 0 Å². The summed E-state index contributed by atoms with van der Waals surface area (Å²) in [6, 6.07) is 0. The second-order valence-electron chi connectivity index (χ2n) is 1.35. The second-order valence-corrected chi connectivity index (χ2v) is 1.35. The largest absolute Gasteiger partial charge is 0.387 e. The lowest BCUT2D eigenvalue weighted by molar-refractivity contribution is 0.229. The summed E-state index contributed by atoms with van der Waals surface area (Å²) in [7, 11) is 0. The third-order valence-corrected chi connectivity index (χ3v) is 0.637. The van der Waals surface area contributed by atoms with Crippen LogP contribution in [-0.4, -0.2) is 11.2 Å². The minimum Gasteiger partial charge on any atom is -0.387 e. The van der Waals surface area contributed by atoms with Gasteiger partial charge in [0, 0.05) is 6.42 Å². The molecule has 1 unspecified atom stereocenters.